The zero-order valence-corrected chi connectivity index (χ0v) is 55.4. The molecule has 0 amide bonds. The Labute approximate surface area is 526 Å². The number of aromatic nitrogens is 4. The van der Waals surface area contributed by atoms with E-state index >= 15 is 0 Å². The Morgan fingerprint density at radius 2 is 0.640 bits per heavy atom. The fourth-order valence-electron chi connectivity index (χ4n) is 8.75. The molecular weight excluding hydrogens is 1100 g/mol. The van der Waals surface area contributed by atoms with E-state index < -0.39 is 45.8 Å². The number of methoxy groups -OCH3 is 2. The van der Waals surface area contributed by atoms with E-state index in [4.69, 9.17) is 9.47 Å². The number of carboxylic acids is 2. The summed E-state index contributed by atoms with van der Waals surface area (Å²) in [5.74, 6) is -3.75. The van der Waals surface area contributed by atoms with Gasteiger partial charge >= 0.3 is 34.4 Å². The van der Waals surface area contributed by atoms with E-state index in [-0.39, 0.29) is 46.1 Å². The van der Waals surface area contributed by atoms with Crippen LogP contribution in [0.5, 0.6) is 0 Å². The number of hydrogen-bond acceptors (Lipinski definition) is 12. The molecular formula is C69H96MgN4O12. The molecule has 2 aromatic rings. The number of carboxylic acid groups (broad SMARTS) is 2. The minimum absolute atomic E-state index is 0. The van der Waals surface area contributed by atoms with Crippen molar-refractivity contribution in [2.45, 2.75) is 205 Å². The van der Waals surface area contributed by atoms with Crippen molar-refractivity contribution >= 4 is 46.6 Å². The van der Waals surface area contributed by atoms with E-state index in [1.807, 2.05) is 19.9 Å². The molecule has 0 radical (unpaired) electrons. The first-order valence-corrected chi connectivity index (χ1v) is 29.4. The van der Waals surface area contributed by atoms with Gasteiger partial charge in [-0.25, -0.2) is 9.59 Å². The Morgan fingerprint density at radius 1 is 0.395 bits per heavy atom. The molecule has 4 N–H and O–H groups in total. The average Bonchev–Trinajstić information content (AvgIpc) is 2.46. The number of H-pyrrole nitrogens is 4. The Kier molecular flexibility index (Phi) is 40.7. The van der Waals surface area contributed by atoms with Crippen LogP contribution in [-0.4, -0.2) is 80.7 Å². The summed E-state index contributed by atoms with van der Waals surface area (Å²) in [4.78, 5) is 94.8. The molecule has 2 aromatic heterocycles. The number of ketones is 2. The summed E-state index contributed by atoms with van der Waals surface area (Å²) < 4.78 is 10.3. The minimum Gasteiger partial charge on any atom is -0.543 e. The van der Waals surface area contributed by atoms with Crippen LogP contribution in [0.15, 0.2) is 170 Å². The predicted molar refractivity (Wildman–Crippen MR) is 345 cm³/mol. The summed E-state index contributed by atoms with van der Waals surface area (Å²) in [6.07, 6.45) is 44.3. The van der Waals surface area contributed by atoms with Crippen molar-refractivity contribution in [1.82, 2.24) is 19.9 Å². The maximum Gasteiger partial charge on any atom is 2.00 e. The average molecular weight is 1200 g/mol. The first-order valence-electron chi connectivity index (χ1n) is 29.4. The molecule has 0 unspecified atom stereocenters. The monoisotopic (exact) mass is 1200 g/mol. The third-order valence-corrected chi connectivity index (χ3v) is 14.1. The van der Waals surface area contributed by atoms with Crippen LogP contribution in [0.3, 0.4) is 0 Å². The Morgan fingerprint density at radius 3 is 0.872 bits per heavy atom. The number of carbonyl (C=O) groups is 4. The number of hydrogen-bond donors (Lipinski definition) is 4. The predicted octanol–water partition coefficient (Wildman–Crippen LogP) is 12.3. The van der Waals surface area contributed by atoms with Gasteiger partial charge in [0.05, 0.1) is 37.5 Å². The van der Waals surface area contributed by atoms with Crippen molar-refractivity contribution in [2.24, 2.45) is 0 Å². The third kappa shape index (κ3) is 35.4. The zero-order valence-electron chi connectivity index (χ0n) is 54.0. The standard InChI is InChI=1S/C59H90O4.2C5H4N2O4.Mg/c1-44(2)24-15-25-45(3)26-16-27-46(4)28-17-29-47(5)30-18-31-48(6)32-19-33-49(7)34-20-35-50(8)36-21-37-51(9)38-22-39-52(10)40-23-41-53(11)42-43-55-54(12)56(60)58(62-13)59(63-14)57(55)61;2*8-3-1-2(4(9)10)6-5(11)7-3;/h24,26,28,30,32,34,36,38,40,42H,15-23,25,27,29,31,33,35,37,39,41,43H2,1-14H3;2*1H,(H,9,10)(H2,6,7,8,11);/q;;;+2/p-2/b45-26+,46-28+,47-30+,48-32+,49-34+,50-36+,51-38+,52-40+,53-42+;;;. The van der Waals surface area contributed by atoms with Gasteiger partial charge in [0.25, 0.3) is 11.1 Å². The first-order chi connectivity index (χ1) is 40.2. The number of aromatic carboxylic acids is 2. The van der Waals surface area contributed by atoms with Crippen LogP contribution in [0.4, 0.5) is 0 Å². The largest absolute Gasteiger partial charge is 2.00 e. The van der Waals surface area contributed by atoms with Crippen LogP contribution in [-0.2, 0) is 19.1 Å². The molecule has 0 bridgehead atoms. The molecule has 1 aliphatic carbocycles. The smallest absolute Gasteiger partial charge is 0.543 e. The molecule has 1 aliphatic rings. The summed E-state index contributed by atoms with van der Waals surface area (Å²) in [5, 5.41) is 20.1. The second-order valence-corrected chi connectivity index (χ2v) is 22.2. The van der Waals surface area contributed by atoms with E-state index in [9.17, 15) is 48.6 Å². The van der Waals surface area contributed by atoms with E-state index in [2.05, 4.69) is 137 Å². The van der Waals surface area contributed by atoms with Gasteiger partial charge in [0, 0.05) is 23.3 Å². The van der Waals surface area contributed by atoms with Crippen molar-refractivity contribution in [1.29, 1.82) is 0 Å². The molecule has 0 atom stereocenters. The fraction of sp³-hybridized carbons (Fsp3) is 0.478. The van der Waals surface area contributed by atoms with Crippen molar-refractivity contribution in [3.8, 4) is 0 Å². The van der Waals surface area contributed by atoms with Crippen LogP contribution in [0.25, 0.3) is 0 Å². The SMILES string of the molecule is COC1=C(OC)C(=O)C(C/C=C(\C)CC/C=C(\C)CC/C=C(\C)CC/C=C(\C)CC/C=C(\C)CC/C=C(\C)CC/C=C(\C)CC/C=C(\C)CC/C=C(\C)CCC=C(C)C)=C(C)C1=O.O=C([O-])c1cc(=O)[nH]c(=O)[nH]1.O=C([O-])c1cc(=O)[nH]c(=O)[nH]1.[Mg+2]. The summed E-state index contributed by atoms with van der Waals surface area (Å²) >= 11 is 0. The second-order valence-electron chi connectivity index (χ2n) is 22.2. The zero-order chi connectivity index (χ0) is 64.0. The molecule has 0 aromatic carbocycles. The molecule has 16 nitrogen and oxygen atoms in total. The van der Waals surface area contributed by atoms with Crippen molar-refractivity contribution in [3.63, 3.8) is 0 Å². The summed E-state index contributed by atoms with van der Waals surface area (Å²) in [7, 11) is 2.78. The summed E-state index contributed by atoms with van der Waals surface area (Å²) in [5.41, 5.74) is 11.1. The Balaban J connectivity index is 0.00000258. The van der Waals surface area contributed by atoms with Crippen LogP contribution in [0.2, 0.25) is 0 Å². The normalized spacial score (nSPS) is 14.0. The molecule has 0 saturated heterocycles. The maximum atomic E-state index is 12.9. The van der Waals surface area contributed by atoms with Crippen LogP contribution in [0, 0.1) is 0 Å². The summed E-state index contributed by atoms with van der Waals surface area (Å²) in [6, 6.07) is 1.47. The topological polar surface area (TPSA) is 264 Å². The first kappa shape index (κ1) is 78.9. The van der Waals surface area contributed by atoms with Gasteiger partial charge in [-0.15, -0.1) is 0 Å². The number of Topliss-reactive ketones (excluding diaryl/α,β-unsaturated/α-hetero) is 2. The van der Waals surface area contributed by atoms with Gasteiger partial charge in [-0.3, -0.25) is 29.1 Å². The Hall–Kier alpha value is -7.11. The van der Waals surface area contributed by atoms with E-state index in [0.29, 0.717) is 17.6 Å². The van der Waals surface area contributed by atoms with Gasteiger partial charge < -0.3 is 39.2 Å². The molecule has 0 fully saturated rings. The fourth-order valence-corrected chi connectivity index (χ4v) is 8.75. The van der Waals surface area contributed by atoms with Gasteiger partial charge in [0.15, 0.2) is 0 Å². The Bertz CT molecular complexity index is 3070. The molecule has 3 rings (SSSR count). The molecule has 17 heteroatoms. The number of carbonyl (C=O) groups excluding carboxylic acids is 4. The van der Waals surface area contributed by atoms with Gasteiger partial charge in [0.1, 0.15) is 0 Å². The number of allylic oxidation sites excluding steroid dienone is 22. The third-order valence-electron chi connectivity index (χ3n) is 14.1. The second kappa shape index (κ2) is 44.4. The number of nitrogens with one attached hydrogen (secondary N) is 4. The molecule has 86 heavy (non-hydrogen) atoms. The molecule has 0 spiro atoms. The van der Waals surface area contributed by atoms with Gasteiger partial charge in [-0.2, -0.15) is 0 Å². The minimum atomic E-state index is -1.59. The van der Waals surface area contributed by atoms with E-state index in [1.165, 1.54) is 89.2 Å². The number of ether oxygens (including phenoxy) is 2. The molecule has 466 valence electrons. The van der Waals surface area contributed by atoms with Crippen LogP contribution in [0.1, 0.15) is 226 Å². The van der Waals surface area contributed by atoms with Crippen LogP contribution < -0.4 is 32.7 Å². The van der Waals surface area contributed by atoms with Crippen molar-refractivity contribution in [3.05, 3.63) is 204 Å². The molecule has 0 saturated carbocycles. The number of aromatic amines is 4. The van der Waals surface area contributed by atoms with Crippen molar-refractivity contribution < 1.29 is 38.9 Å². The maximum absolute atomic E-state index is 12.9. The van der Waals surface area contributed by atoms with Gasteiger partial charge in [-0.05, 0) is 205 Å². The quantitative estimate of drug-likeness (QED) is 0.0295. The summed E-state index contributed by atoms with van der Waals surface area (Å²) in [6.45, 7) is 26.3. The van der Waals surface area contributed by atoms with Gasteiger partial charge in [-0.1, -0.05) is 116 Å². The molecule has 0 aliphatic heterocycles. The van der Waals surface area contributed by atoms with E-state index in [0.717, 1.165) is 108 Å². The van der Waals surface area contributed by atoms with Gasteiger partial charge in [0.2, 0.25) is 23.1 Å². The number of rotatable bonds is 33. The molecule has 2 heterocycles. The van der Waals surface area contributed by atoms with Crippen molar-refractivity contribution in [2.75, 3.05) is 14.2 Å². The van der Waals surface area contributed by atoms with E-state index in [1.54, 1.807) is 6.92 Å². The van der Waals surface area contributed by atoms with Crippen LogP contribution >= 0.6 is 0 Å².